The Morgan fingerprint density at radius 3 is 2.74 bits per heavy atom. The molecule has 0 aliphatic heterocycles. The Hall–Kier alpha value is -1.92. The molecule has 7 nitrogen and oxygen atoms in total. The number of unbranched alkanes of at least 4 members (excludes halogenated alkanes) is 1. The molecule has 1 aliphatic carbocycles. The molecule has 0 unspecified atom stereocenters. The van der Waals surface area contributed by atoms with E-state index < -0.39 is 4.92 Å². The molecule has 1 fully saturated rings. The van der Waals surface area contributed by atoms with Crippen molar-refractivity contribution in [3.8, 4) is 5.88 Å². The first kappa shape index (κ1) is 13.5. The van der Waals surface area contributed by atoms with E-state index in [2.05, 4.69) is 22.2 Å². The summed E-state index contributed by atoms with van der Waals surface area (Å²) < 4.78 is 5.04. The molecule has 0 aromatic carbocycles. The first-order chi connectivity index (χ1) is 9.17. The monoisotopic (exact) mass is 266 g/mol. The minimum atomic E-state index is -0.496. The number of nitrogens with zero attached hydrogens (tertiary/aromatic N) is 3. The van der Waals surface area contributed by atoms with Gasteiger partial charge in [0.15, 0.2) is 0 Å². The van der Waals surface area contributed by atoms with Gasteiger partial charge in [-0.2, -0.15) is 4.98 Å². The maximum Gasteiger partial charge on any atom is 0.372 e. The molecule has 1 aliphatic rings. The molecule has 1 aromatic rings. The van der Waals surface area contributed by atoms with Gasteiger partial charge in [0.2, 0.25) is 5.82 Å². The van der Waals surface area contributed by atoms with Gasteiger partial charge in [-0.15, -0.1) is 0 Å². The molecule has 1 heterocycles. The second-order valence-corrected chi connectivity index (χ2v) is 4.60. The lowest BCUT2D eigenvalue weighted by Gasteiger charge is -2.09. The average Bonchev–Trinajstić information content (AvgIpc) is 3.22. The summed E-state index contributed by atoms with van der Waals surface area (Å²) >= 11 is 0. The highest BCUT2D eigenvalue weighted by molar-refractivity contribution is 5.62. The van der Waals surface area contributed by atoms with Crippen LogP contribution in [-0.4, -0.2) is 28.5 Å². The summed E-state index contributed by atoms with van der Waals surface area (Å²) in [4.78, 5) is 19.1. The molecule has 1 N–H and O–H groups in total. The zero-order chi connectivity index (χ0) is 13.8. The van der Waals surface area contributed by atoms with Crippen LogP contribution in [0.5, 0.6) is 5.88 Å². The lowest BCUT2D eigenvalue weighted by molar-refractivity contribution is -0.385. The third-order valence-corrected chi connectivity index (χ3v) is 3.01. The van der Waals surface area contributed by atoms with E-state index >= 15 is 0 Å². The molecule has 19 heavy (non-hydrogen) atoms. The molecule has 0 saturated heterocycles. The van der Waals surface area contributed by atoms with Gasteiger partial charge in [0.25, 0.3) is 5.88 Å². The zero-order valence-electron chi connectivity index (χ0n) is 11.2. The van der Waals surface area contributed by atoms with Gasteiger partial charge in [-0.05, 0) is 19.3 Å². The van der Waals surface area contributed by atoms with Gasteiger partial charge < -0.3 is 10.1 Å². The van der Waals surface area contributed by atoms with Crippen molar-refractivity contribution in [3.63, 3.8) is 0 Å². The van der Waals surface area contributed by atoms with Crippen molar-refractivity contribution in [1.29, 1.82) is 0 Å². The fourth-order valence-electron chi connectivity index (χ4n) is 1.79. The Morgan fingerprint density at radius 2 is 2.21 bits per heavy atom. The molecule has 0 radical (unpaired) electrons. The van der Waals surface area contributed by atoms with Gasteiger partial charge in [-0.1, -0.05) is 13.3 Å². The molecule has 0 spiro atoms. The third kappa shape index (κ3) is 3.10. The number of aromatic nitrogens is 2. The lowest BCUT2D eigenvalue weighted by atomic mass is 10.3. The Kier molecular flexibility index (Phi) is 4.13. The number of nitrogens with one attached hydrogen (secondary N) is 1. The molecular formula is C12H18N4O3. The van der Waals surface area contributed by atoms with E-state index in [9.17, 15) is 10.1 Å². The summed E-state index contributed by atoms with van der Waals surface area (Å²) in [5, 5.41) is 14.2. The minimum absolute atomic E-state index is 0.0425. The lowest BCUT2D eigenvalue weighted by Crippen LogP contribution is -2.10. The predicted molar refractivity (Wildman–Crippen MR) is 70.6 cm³/mol. The van der Waals surface area contributed by atoms with Crippen LogP contribution in [0.3, 0.4) is 0 Å². The van der Waals surface area contributed by atoms with Crippen molar-refractivity contribution in [3.05, 3.63) is 15.9 Å². The molecular weight excluding hydrogens is 248 g/mol. The normalized spacial score (nSPS) is 14.2. The number of rotatable bonds is 7. The van der Waals surface area contributed by atoms with Crippen molar-refractivity contribution < 1.29 is 9.66 Å². The smallest absolute Gasteiger partial charge is 0.372 e. The van der Waals surface area contributed by atoms with Crippen molar-refractivity contribution in [1.82, 2.24) is 9.97 Å². The first-order valence-electron chi connectivity index (χ1n) is 6.51. The van der Waals surface area contributed by atoms with Crippen LogP contribution in [0, 0.1) is 10.1 Å². The molecule has 1 saturated carbocycles. The Labute approximate surface area is 111 Å². The highest BCUT2D eigenvalue weighted by Crippen LogP contribution is 2.41. The van der Waals surface area contributed by atoms with Crippen LogP contribution in [0.2, 0.25) is 0 Å². The Bertz CT molecular complexity index is 474. The Balaban J connectivity index is 2.34. The maximum absolute atomic E-state index is 11.1. The number of nitro groups is 1. The van der Waals surface area contributed by atoms with E-state index in [1.165, 1.54) is 7.11 Å². The van der Waals surface area contributed by atoms with Crippen molar-refractivity contribution in [2.45, 2.75) is 38.5 Å². The van der Waals surface area contributed by atoms with Gasteiger partial charge in [0.1, 0.15) is 5.82 Å². The van der Waals surface area contributed by atoms with Crippen molar-refractivity contribution in [2.24, 2.45) is 0 Å². The molecule has 2 rings (SSSR count). The van der Waals surface area contributed by atoms with Crippen LogP contribution in [-0.2, 0) is 0 Å². The molecule has 104 valence electrons. The van der Waals surface area contributed by atoms with Gasteiger partial charge in [0, 0.05) is 12.5 Å². The number of anilines is 1. The Morgan fingerprint density at radius 1 is 1.47 bits per heavy atom. The summed E-state index contributed by atoms with van der Waals surface area (Å²) in [6.45, 7) is 2.72. The highest BCUT2D eigenvalue weighted by Gasteiger charge is 2.32. The fourth-order valence-corrected chi connectivity index (χ4v) is 1.79. The highest BCUT2D eigenvalue weighted by atomic mass is 16.6. The van der Waals surface area contributed by atoms with Crippen LogP contribution < -0.4 is 10.1 Å². The molecule has 0 bridgehead atoms. The largest absolute Gasteiger partial charge is 0.476 e. The van der Waals surface area contributed by atoms with Gasteiger partial charge in [0.05, 0.1) is 12.0 Å². The summed E-state index contributed by atoms with van der Waals surface area (Å²) in [5.74, 6) is 1.27. The predicted octanol–water partition coefficient (Wildman–Crippen LogP) is 2.48. The second-order valence-electron chi connectivity index (χ2n) is 4.60. The van der Waals surface area contributed by atoms with Crippen molar-refractivity contribution in [2.75, 3.05) is 19.0 Å². The fraction of sp³-hybridized carbons (Fsp3) is 0.667. The van der Waals surface area contributed by atoms with Crippen molar-refractivity contribution >= 4 is 11.5 Å². The van der Waals surface area contributed by atoms with Gasteiger partial charge in [-0.25, -0.2) is 4.98 Å². The van der Waals surface area contributed by atoms with Crippen LogP contribution in [0.25, 0.3) is 0 Å². The SMILES string of the molecule is CCCCNc1nc(C2CC2)nc(OC)c1[N+](=O)[O-]. The summed E-state index contributed by atoms with van der Waals surface area (Å²) in [6, 6.07) is 0. The van der Waals surface area contributed by atoms with E-state index in [0.29, 0.717) is 18.3 Å². The molecule has 0 atom stereocenters. The molecule has 0 amide bonds. The van der Waals surface area contributed by atoms with E-state index in [-0.39, 0.29) is 17.4 Å². The minimum Gasteiger partial charge on any atom is -0.476 e. The zero-order valence-corrected chi connectivity index (χ0v) is 11.2. The summed E-state index contributed by atoms with van der Waals surface area (Å²) in [5.41, 5.74) is -0.178. The topological polar surface area (TPSA) is 90.2 Å². The quantitative estimate of drug-likeness (QED) is 0.463. The van der Waals surface area contributed by atoms with E-state index in [1.54, 1.807) is 0 Å². The van der Waals surface area contributed by atoms with Gasteiger partial charge in [-0.3, -0.25) is 10.1 Å². The number of hydrogen-bond acceptors (Lipinski definition) is 6. The summed E-state index contributed by atoms with van der Waals surface area (Å²) in [6.07, 6.45) is 4.02. The maximum atomic E-state index is 11.1. The summed E-state index contributed by atoms with van der Waals surface area (Å²) in [7, 11) is 1.39. The first-order valence-corrected chi connectivity index (χ1v) is 6.51. The van der Waals surface area contributed by atoms with Gasteiger partial charge >= 0.3 is 5.69 Å². The van der Waals surface area contributed by atoms with E-state index in [4.69, 9.17) is 4.74 Å². The number of ether oxygens (including phenoxy) is 1. The van der Waals surface area contributed by atoms with E-state index in [1.807, 2.05) is 0 Å². The molecule has 1 aromatic heterocycles. The average molecular weight is 266 g/mol. The number of methoxy groups -OCH3 is 1. The molecule has 7 heteroatoms. The van der Waals surface area contributed by atoms with Crippen LogP contribution in [0.4, 0.5) is 11.5 Å². The van der Waals surface area contributed by atoms with Crippen LogP contribution in [0.15, 0.2) is 0 Å². The standard InChI is InChI=1S/C12H18N4O3/c1-3-4-7-13-11-9(16(17)18)12(19-2)15-10(14-11)8-5-6-8/h8H,3-7H2,1-2H3,(H,13,14,15). The van der Waals surface area contributed by atoms with Crippen LogP contribution >= 0.6 is 0 Å². The van der Waals surface area contributed by atoms with E-state index in [0.717, 1.165) is 25.7 Å². The second kappa shape index (κ2) is 5.81. The third-order valence-electron chi connectivity index (χ3n) is 3.01. The number of hydrogen-bond donors (Lipinski definition) is 1. The van der Waals surface area contributed by atoms with Crippen LogP contribution in [0.1, 0.15) is 44.3 Å².